The van der Waals surface area contributed by atoms with Gasteiger partial charge in [0.05, 0.1) is 12.3 Å². The quantitative estimate of drug-likeness (QED) is 0.732. The van der Waals surface area contributed by atoms with Crippen LogP contribution in [-0.4, -0.2) is 27.8 Å². The summed E-state index contributed by atoms with van der Waals surface area (Å²) in [6.45, 7) is 3.54. The van der Waals surface area contributed by atoms with E-state index >= 15 is 0 Å². The van der Waals surface area contributed by atoms with Crippen LogP contribution in [0.2, 0.25) is 0 Å². The zero-order valence-electron chi connectivity index (χ0n) is 14.4. The van der Waals surface area contributed by atoms with Gasteiger partial charge in [-0.05, 0) is 43.3 Å². The number of fused-ring (bicyclic) bond motifs is 1. The van der Waals surface area contributed by atoms with Crippen molar-refractivity contribution < 1.29 is 9.53 Å². The Morgan fingerprint density at radius 2 is 2.12 bits per heavy atom. The lowest BCUT2D eigenvalue weighted by Crippen LogP contribution is -2.11. The largest absolute Gasteiger partial charge is 0.494 e. The molecule has 0 saturated heterocycles. The van der Waals surface area contributed by atoms with E-state index in [0.717, 1.165) is 40.1 Å². The van der Waals surface area contributed by atoms with E-state index in [-0.39, 0.29) is 5.91 Å². The van der Waals surface area contributed by atoms with Gasteiger partial charge < -0.3 is 14.6 Å². The second-order valence-electron chi connectivity index (χ2n) is 5.94. The van der Waals surface area contributed by atoms with Crippen LogP contribution in [0.1, 0.15) is 17.3 Å². The summed E-state index contributed by atoms with van der Waals surface area (Å²) < 4.78 is 7.58. The minimum atomic E-state index is -0.145. The van der Waals surface area contributed by atoms with Crippen molar-refractivity contribution in [3.63, 3.8) is 0 Å². The molecule has 6 heteroatoms. The number of aromatic nitrogens is 2. The number of anilines is 1. The van der Waals surface area contributed by atoms with E-state index in [2.05, 4.69) is 21.1 Å². The highest BCUT2D eigenvalue weighted by atomic mass is 32.2. The highest BCUT2D eigenvalue weighted by molar-refractivity contribution is 7.99. The molecule has 1 aromatic heterocycles. The van der Waals surface area contributed by atoms with E-state index < -0.39 is 0 Å². The molecule has 1 aliphatic heterocycles. The first-order valence-corrected chi connectivity index (χ1v) is 9.56. The number of ether oxygens (including phenoxy) is 1. The number of benzene rings is 2. The van der Waals surface area contributed by atoms with Crippen molar-refractivity contribution in [1.82, 2.24) is 9.55 Å². The summed E-state index contributed by atoms with van der Waals surface area (Å²) in [7, 11) is 0. The molecule has 1 amide bonds. The van der Waals surface area contributed by atoms with Crippen molar-refractivity contribution in [2.75, 3.05) is 17.7 Å². The van der Waals surface area contributed by atoms with Gasteiger partial charge >= 0.3 is 0 Å². The molecule has 0 bridgehead atoms. The summed E-state index contributed by atoms with van der Waals surface area (Å²) in [5.41, 5.74) is 3.28. The Balaban J connectivity index is 1.50. The Bertz CT molecular complexity index is 913. The van der Waals surface area contributed by atoms with E-state index in [0.29, 0.717) is 12.2 Å². The Kier molecular flexibility index (Phi) is 4.67. The number of hydrogen-bond acceptors (Lipinski definition) is 4. The van der Waals surface area contributed by atoms with Gasteiger partial charge in [-0.3, -0.25) is 4.79 Å². The maximum atomic E-state index is 12.5. The van der Waals surface area contributed by atoms with Crippen LogP contribution in [0.25, 0.3) is 11.3 Å². The minimum absolute atomic E-state index is 0.145. The van der Waals surface area contributed by atoms with Gasteiger partial charge in [0.25, 0.3) is 5.91 Å². The topological polar surface area (TPSA) is 56.1 Å². The van der Waals surface area contributed by atoms with Crippen molar-refractivity contribution in [2.45, 2.75) is 18.6 Å². The molecule has 132 valence electrons. The number of imidazole rings is 1. The Labute approximate surface area is 156 Å². The predicted molar refractivity (Wildman–Crippen MR) is 104 cm³/mol. The number of carbonyl (C=O) groups excluding carboxylic acids is 1. The molecule has 2 heterocycles. The Morgan fingerprint density at radius 3 is 2.88 bits per heavy atom. The van der Waals surface area contributed by atoms with E-state index in [1.165, 1.54) is 0 Å². The second-order valence-corrected chi connectivity index (χ2v) is 7.00. The lowest BCUT2D eigenvalue weighted by Gasteiger charge is -2.08. The molecule has 4 rings (SSSR count). The molecule has 5 nitrogen and oxygen atoms in total. The Morgan fingerprint density at radius 1 is 1.27 bits per heavy atom. The molecule has 0 unspecified atom stereocenters. The summed E-state index contributed by atoms with van der Waals surface area (Å²) in [5, 5.41) is 4.01. The van der Waals surface area contributed by atoms with Gasteiger partial charge in [-0.2, -0.15) is 0 Å². The van der Waals surface area contributed by atoms with Crippen LogP contribution >= 0.6 is 11.8 Å². The molecular weight excluding hydrogens is 346 g/mol. The number of nitrogens with zero attached hydrogens (tertiary/aromatic N) is 2. The number of amides is 1. The third-order valence-electron chi connectivity index (χ3n) is 4.15. The lowest BCUT2D eigenvalue weighted by molar-refractivity contribution is 0.102. The molecule has 0 fully saturated rings. The van der Waals surface area contributed by atoms with E-state index in [4.69, 9.17) is 4.74 Å². The maximum absolute atomic E-state index is 12.5. The SMILES string of the molecule is CCOc1ccc(C(=O)Nc2cccc(-c3cn4c(n3)SCC4)c2)cc1. The monoisotopic (exact) mass is 365 g/mol. The second kappa shape index (κ2) is 7.25. The zero-order chi connectivity index (χ0) is 17.9. The number of rotatable bonds is 5. The van der Waals surface area contributed by atoms with E-state index in [1.807, 2.05) is 31.2 Å². The van der Waals surface area contributed by atoms with Crippen LogP contribution in [0.4, 0.5) is 5.69 Å². The first-order valence-electron chi connectivity index (χ1n) is 8.57. The molecule has 3 aromatic rings. The van der Waals surface area contributed by atoms with Crippen molar-refractivity contribution in [3.8, 4) is 17.0 Å². The molecule has 0 spiro atoms. The summed E-state index contributed by atoms with van der Waals surface area (Å²) in [6, 6.07) is 14.9. The fraction of sp³-hybridized carbons (Fsp3) is 0.200. The van der Waals surface area contributed by atoms with E-state index in [1.54, 1.807) is 36.0 Å². The average Bonchev–Trinajstić information content (AvgIpc) is 3.25. The van der Waals surface area contributed by atoms with Gasteiger partial charge in [-0.1, -0.05) is 23.9 Å². The fourth-order valence-corrected chi connectivity index (χ4v) is 3.82. The lowest BCUT2D eigenvalue weighted by atomic mass is 10.1. The zero-order valence-corrected chi connectivity index (χ0v) is 15.3. The van der Waals surface area contributed by atoms with Crippen molar-refractivity contribution >= 4 is 23.4 Å². The highest BCUT2D eigenvalue weighted by Crippen LogP contribution is 2.30. The maximum Gasteiger partial charge on any atom is 0.255 e. The van der Waals surface area contributed by atoms with Gasteiger partial charge in [0, 0.05) is 35.3 Å². The predicted octanol–water partition coefficient (Wildman–Crippen LogP) is 4.31. The van der Waals surface area contributed by atoms with Crippen LogP contribution in [0.15, 0.2) is 59.9 Å². The summed E-state index contributed by atoms with van der Waals surface area (Å²) in [6.07, 6.45) is 2.07. The standard InChI is InChI=1S/C20H19N3O2S/c1-2-25-17-8-6-14(7-9-17)19(24)21-16-5-3-4-15(12-16)18-13-23-10-11-26-20(23)22-18/h3-9,12-13H,2,10-11H2,1H3,(H,21,24). The Hall–Kier alpha value is -2.73. The smallest absolute Gasteiger partial charge is 0.255 e. The number of nitrogens with one attached hydrogen (secondary N) is 1. The van der Waals surface area contributed by atoms with Crippen molar-refractivity contribution in [1.29, 1.82) is 0 Å². The van der Waals surface area contributed by atoms with Gasteiger partial charge in [0.2, 0.25) is 0 Å². The van der Waals surface area contributed by atoms with Crippen LogP contribution in [-0.2, 0) is 6.54 Å². The van der Waals surface area contributed by atoms with Gasteiger partial charge in [0.1, 0.15) is 5.75 Å². The molecule has 1 aliphatic rings. The first-order chi connectivity index (χ1) is 12.7. The van der Waals surface area contributed by atoms with Crippen LogP contribution in [0.3, 0.4) is 0 Å². The minimum Gasteiger partial charge on any atom is -0.494 e. The molecule has 0 aliphatic carbocycles. The molecule has 2 aromatic carbocycles. The molecule has 0 radical (unpaired) electrons. The third kappa shape index (κ3) is 3.46. The molecular formula is C20H19N3O2S. The third-order valence-corrected chi connectivity index (χ3v) is 5.12. The highest BCUT2D eigenvalue weighted by Gasteiger charge is 2.15. The molecule has 1 N–H and O–H groups in total. The van der Waals surface area contributed by atoms with Crippen molar-refractivity contribution in [3.05, 3.63) is 60.3 Å². The summed E-state index contributed by atoms with van der Waals surface area (Å²) in [5.74, 6) is 1.70. The average molecular weight is 365 g/mol. The molecule has 0 saturated carbocycles. The number of aryl methyl sites for hydroxylation is 1. The van der Waals surface area contributed by atoms with Gasteiger partial charge in [0.15, 0.2) is 5.16 Å². The van der Waals surface area contributed by atoms with Gasteiger partial charge in [-0.15, -0.1) is 0 Å². The fourth-order valence-electron chi connectivity index (χ4n) is 2.88. The number of carbonyl (C=O) groups is 1. The number of hydrogen-bond donors (Lipinski definition) is 1. The van der Waals surface area contributed by atoms with Gasteiger partial charge in [-0.25, -0.2) is 4.98 Å². The molecule has 0 atom stereocenters. The van der Waals surface area contributed by atoms with Crippen LogP contribution < -0.4 is 10.1 Å². The molecule has 26 heavy (non-hydrogen) atoms. The van der Waals surface area contributed by atoms with Crippen molar-refractivity contribution in [2.24, 2.45) is 0 Å². The van der Waals surface area contributed by atoms with Crippen LogP contribution in [0.5, 0.6) is 5.75 Å². The summed E-state index contributed by atoms with van der Waals surface area (Å²) >= 11 is 1.77. The summed E-state index contributed by atoms with van der Waals surface area (Å²) in [4.78, 5) is 17.1. The van der Waals surface area contributed by atoms with E-state index in [9.17, 15) is 4.79 Å². The number of thioether (sulfide) groups is 1. The van der Waals surface area contributed by atoms with Crippen LogP contribution in [0, 0.1) is 0 Å². The normalized spacial score (nSPS) is 12.7. The first kappa shape index (κ1) is 16.7.